The molecular weight excluding hydrogens is 597 g/mol. The average molecular weight is 622 g/mol. The fourth-order valence-electron chi connectivity index (χ4n) is 6.01. The number of ether oxygens (including phenoxy) is 2. The third kappa shape index (κ3) is 4.95. The van der Waals surface area contributed by atoms with Crippen molar-refractivity contribution in [2.24, 2.45) is 17.8 Å². The second-order valence-corrected chi connectivity index (χ2v) is 12.3. The number of nitrogens with zero attached hydrogens (tertiary/aromatic N) is 5. The summed E-state index contributed by atoms with van der Waals surface area (Å²) in [6.07, 6.45) is 9.53. The highest BCUT2D eigenvalue weighted by molar-refractivity contribution is 6.39. The number of carbonyl (C=O) groups is 1. The van der Waals surface area contributed by atoms with Crippen molar-refractivity contribution in [2.75, 3.05) is 31.2 Å². The average Bonchev–Trinajstić information content (AvgIpc) is 3.70. The summed E-state index contributed by atoms with van der Waals surface area (Å²) < 4.78 is 22.3. The van der Waals surface area contributed by atoms with E-state index < -0.39 is 5.97 Å². The molecule has 1 N–H and O–H groups in total. The van der Waals surface area contributed by atoms with Gasteiger partial charge in [-0.25, -0.2) is 4.79 Å². The highest BCUT2D eigenvalue weighted by atomic mass is 35.5. The summed E-state index contributed by atoms with van der Waals surface area (Å²) in [5, 5.41) is 19.0. The molecule has 13 heteroatoms. The number of benzene rings is 1. The van der Waals surface area contributed by atoms with Crippen molar-refractivity contribution in [3.05, 3.63) is 63.6 Å². The molecule has 0 radical (unpaired) electrons. The normalized spacial score (nSPS) is 23.0. The Morgan fingerprint density at radius 3 is 2.49 bits per heavy atom. The Morgan fingerprint density at radius 2 is 1.81 bits per heavy atom. The Bertz CT molecular complexity index is 1730. The molecule has 4 aliphatic rings. The minimum Gasteiger partial charge on any atom is -0.486 e. The van der Waals surface area contributed by atoms with Crippen molar-refractivity contribution in [1.82, 2.24) is 20.3 Å². The molecule has 3 aromatic heterocycles. The van der Waals surface area contributed by atoms with Crippen LogP contribution >= 0.6 is 23.2 Å². The zero-order chi connectivity index (χ0) is 29.2. The van der Waals surface area contributed by atoms with Gasteiger partial charge in [0.2, 0.25) is 0 Å². The quantitative estimate of drug-likeness (QED) is 0.241. The third-order valence-corrected chi connectivity index (χ3v) is 9.12. The van der Waals surface area contributed by atoms with Crippen LogP contribution in [0.5, 0.6) is 5.75 Å². The van der Waals surface area contributed by atoms with Gasteiger partial charge in [0.15, 0.2) is 0 Å². The largest absolute Gasteiger partial charge is 0.486 e. The number of aromatic nitrogens is 4. The first-order valence-electron chi connectivity index (χ1n) is 14.1. The van der Waals surface area contributed by atoms with Crippen molar-refractivity contribution in [2.45, 2.75) is 24.9 Å². The van der Waals surface area contributed by atoms with Crippen molar-refractivity contribution < 1.29 is 28.4 Å². The van der Waals surface area contributed by atoms with Crippen LogP contribution in [0, 0.1) is 17.8 Å². The molecule has 2 atom stereocenters. The van der Waals surface area contributed by atoms with E-state index in [1.165, 1.54) is 12.1 Å². The van der Waals surface area contributed by atoms with Crippen LogP contribution < -0.4 is 9.64 Å². The molecule has 8 rings (SSSR count). The Labute approximate surface area is 255 Å². The first-order valence-corrected chi connectivity index (χ1v) is 14.9. The monoisotopic (exact) mass is 621 g/mol. The van der Waals surface area contributed by atoms with Gasteiger partial charge in [-0.15, -0.1) is 0 Å². The van der Waals surface area contributed by atoms with Gasteiger partial charge in [0.05, 0.1) is 28.8 Å². The van der Waals surface area contributed by atoms with Crippen LogP contribution in [0.3, 0.4) is 0 Å². The number of aromatic carboxylic acids is 1. The predicted molar refractivity (Wildman–Crippen MR) is 155 cm³/mol. The van der Waals surface area contributed by atoms with Crippen LogP contribution in [-0.4, -0.2) is 63.8 Å². The summed E-state index contributed by atoms with van der Waals surface area (Å²) in [5.74, 6) is 2.65. The smallest absolute Gasteiger partial charge is 0.335 e. The lowest BCUT2D eigenvalue weighted by Gasteiger charge is -2.26. The van der Waals surface area contributed by atoms with Crippen LogP contribution in [0.4, 0.5) is 5.95 Å². The third-order valence-electron chi connectivity index (χ3n) is 8.55. The van der Waals surface area contributed by atoms with E-state index >= 15 is 0 Å². The first-order chi connectivity index (χ1) is 20.9. The number of carboxylic acid groups (broad SMARTS) is 1. The first kappa shape index (κ1) is 26.7. The van der Waals surface area contributed by atoms with Gasteiger partial charge in [0, 0.05) is 48.1 Å². The van der Waals surface area contributed by atoms with E-state index in [4.69, 9.17) is 41.7 Å². The van der Waals surface area contributed by atoms with E-state index in [1.54, 1.807) is 18.5 Å². The SMILES string of the molecule is O=C(O)c1cc(OC2COC2)cc(-c2nc(N3CC4C(/C=C/c5c(-c6c(Cl)cncc6Cl)noc5C5CC5)C4C3)no2)c1. The van der Waals surface area contributed by atoms with Crippen LogP contribution in [0.25, 0.3) is 28.8 Å². The molecule has 1 aromatic carbocycles. The lowest BCUT2D eigenvalue weighted by Crippen LogP contribution is -2.38. The summed E-state index contributed by atoms with van der Waals surface area (Å²) in [7, 11) is 0. The molecular formula is C30H25Cl2N5O6. The van der Waals surface area contributed by atoms with Gasteiger partial charge < -0.3 is 28.5 Å². The fraction of sp³-hybridized carbons (Fsp3) is 0.367. The van der Waals surface area contributed by atoms with Crippen LogP contribution in [0.2, 0.25) is 10.0 Å². The molecule has 5 heterocycles. The summed E-state index contributed by atoms with van der Waals surface area (Å²) in [5.41, 5.74) is 2.78. The van der Waals surface area contributed by atoms with E-state index in [1.807, 2.05) is 0 Å². The lowest BCUT2D eigenvalue weighted by atomic mass is 10.0. The molecule has 4 fully saturated rings. The summed E-state index contributed by atoms with van der Waals surface area (Å²) in [4.78, 5) is 22.5. The highest BCUT2D eigenvalue weighted by Gasteiger charge is 2.55. The number of hydrogen-bond acceptors (Lipinski definition) is 10. The number of allylic oxidation sites excluding steroid dienone is 1. The maximum absolute atomic E-state index is 11.7. The Hall–Kier alpha value is -3.93. The number of rotatable bonds is 9. The van der Waals surface area contributed by atoms with Crippen molar-refractivity contribution in [1.29, 1.82) is 0 Å². The molecule has 2 aliphatic carbocycles. The molecule has 2 aliphatic heterocycles. The number of pyridine rings is 1. The van der Waals surface area contributed by atoms with E-state index in [9.17, 15) is 9.90 Å². The molecule has 2 unspecified atom stereocenters. The second-order valence-electron chi connectivity index (χ2n) is 11.5. The van der Waals surface area contributed by atoms with Gasteiger partial charge in [0.25, 0.3) is 11.8 Å². The van der Waals surface area contributed by atoms with Crippen molar-refractivity contribution >= 4 is 41.2 Å². The van der Waals surface area contributed by atoms with Crippen LogP contribution in [0.1, 0.15) is 40.4 Å². The fourth-order valence-corrected chi connectivity index (χ4v) is 6.55. The molecule has 2 saturated heterocycles. The summed E-state index contributed by atoms with van der Waals surface area (Å²) in [6.45, 7) is 2.52. The number of piperidine rings is 1. The van der Waals surface area contributed by atoms with Crippen LogP contribution in [-0.2, 0) is 4.74 Å². The van der Waals surface area contributed by atoms with E-state index in [-0.39, 0.29) is 17.6 Å². The molecule has 0 amide bonds. The molecule has 0 spiro atoms. The Morgan fingerprint density at radius 1 is 1.05 bits per heavy atom. The van der Waals surface area contributed by atoms with E-state index in [2.05, 4.69) is 37.3 Å². The number of halogens is 2. The zero-order valence-corrected chi connectivity index (χ0v) is 24.2. The topological polar surface area (TPSA) is 137 Å². The molecule has 11 nitrogen and oxygen atoms in total. The van der Waals surface area contributed by atoms with Gasteiger partial charge in [-0.2, -0.15) is 4.98 Å². The standard InChI is InChI=1S/C30H25Cl2N5O6/c31-23-8-33-9-24(32)25(23)26-20(27(42-35-26)14-1-2-14)4-3-19-21-10-37(11-22(19)21)30-34-28(43-36-30)15-5-16(29(38)39)7-17(6-15)41-18-12-40-13-18/h3-9,14,18-19,21-22H,1-2,10-13H2,(H,38,39)/b4-3+. The van der Waals surface area contributed by atoms with Gasteiger partial charge in [-0.3, -0.25) is 4.98 Å². The number of carboxylic acids is 1. The molecule has 220 valence electrons. The van der Waals surface area contributed by atoms with Gasteiger partial charge in [0.1, 0.15) is 23.3 Å². The number of hydrogen-bond donors (Lipinski definition) is 1. The van der Waals surface area contributed by atoms with Gasteiger partial charge >= 0.3 is 5.97 Å². The van der Waals surface area contributed by atoms with Crippen molar-refractivity contribution in [3.8, 4) is 28.5 Å². The van der Waals surface area contributed by atoms with Gasteiger partial charge in [-0.1, -0.05) is 40.5 Å². The maximum atomic E-state index is 11.7. The zero-order valence-electron chi connectivity index (χ0n) is 22.7. The minimum atomic E-state index is -1.07. The number of fused-ring (bicyclic) bond motifs is 1. The van der Waals surface area contributed by atoms with Crippen LogP contribution in [0.15, 0.2) is 45.7 Å². The van der Waals surface area contributed by atoms with E-state index in [0.717, 1.165) is 37.3 Å². The highest BCUT2D eigenvalue weighted by Crippen LogP contribution is 2.54. The Kier molecular flexibility index (Phi) is 6.43. The van der Waals surface area contributed by atoms with Gasteiger partial charge in [-0.05, 0) is 54.0 Å². The summed E-state index contributed by atoms with van der Waals surface area (Å²) in [6, 6.07) is 4.71. The molecule has 4 aromatic rings. The molecule has 0 bridgehead atoms. The minimum absolute atomic E-state index is 0.0823. The Balaban J connectivity index is 0.974. The maximum Gasteiger partial charge on any atom is 0.335 e. The summed E-state index contributed by atoms with van der Waals surface area (Å²) >= 11 is 12.9. The molecule has 2 saturated carbocycles. The molecule has 43 heavy (non-hydrogen) atoms. The lowest BCUT2D eigenvalue weighted by molar-refractivity contribution is -0.0796. The van der Waals surface area contributed by atoms with Crippen molar-refractivity contribution in [3.63, 3.8) is 0 Å². The predicted octanol–water partition coefficient (Wildman–Crippen LogP) is 5.84. The van der Waals surface area contributed by atoms with E-state index in [0.29, 0.717) is 75.4 Å². The second kappa shape index (κ2) is 10.4. The number of anilines is 1.